The molecule has 1 aromatic heterocycles. The Morgan fingerprint density at radius 3 is 3.05 bits per heavy atom. The molecule has 2 rings (SSSR count). The predicted octanol–water partition coefficient (Wildman–Crippen LogP) is 3.26. The molecule has 0 aliphatic heterocycles. The zero-order valence-electron chi connectivity index (χ0n) is 10.6. The first-order valence-corrected chi connectivity index (χ1v) is 7.40. The van der Waals surface area contributed by atoms with Crippen LogP contribution in [0.25, 0.3) is 10.2 Å². The van der Waals surface area contributed by atoms with Crippen LogP contribution in [0.4, 0.5) is 5.13 Å². The van der Waals surface area contributed by atoms with Gasteiger partial charge < -0.3 is 11.1 Å². The molecule has 4 nitrogen and oxygen atoms in total. The standard InChI is InChI=1S/C13H16ClN3OS/c1-2-3-8(7-15)12(18)17-13-16-10-5-4-9(14)6-11(10)19-13/h4-6,8H,2-3,7,15H2,1H3,(H,16,17,18). The van der Waals surface area contributed by atoms with Crippen molar-refractivity contribution >= 4 is 44.2 Å². The summed E-state index contributed by atoms with van der Waals surface area (Å²) >= 11 is 7.34. The quantitative estimate of drug-likeness (QED) is 0.890. The fourth-order valence-electron chi connectivity index (χ4n) is 1.86. The van der Waals surface area contributed by atoms with Crippen LogP contribution in [-0.4, -0.2) is 17.4 Å². The number of fused-ring (bicyclic) bond motifs is 1. The van der Waals surface area contributed by atoms with E-state index in [4.69, 9.17) is 17.3 Å². The van der Waals surface area contributed by atoms with Gasteiger partial charge in [-0.1, -0.05) is 36.3 Å². The summed E-state index contributed by atoms with van der Waals surface area (Å²) in [6, 6.07) is 5.47. The van der Waals surface area contributed by atoms with Crippen LogP contribution in [-0.2, 0) is 4.79 Å². The van der Waals surface area contributed by atoms with Crippen LogP contribution in [0.2, 0.25) is 5.02 Å². The highest BCUT2D eigenvalue weighted by molar-refractivity contribution is 7.22. The van der Waals surface area contributed by atoms with E-state index in [1.165, 1.54) is 11.3 Å². The smallest absolute Gasteiger partial charge is 0.230 e. The van der Waals surface area contributed by atoms with Gasteiger partial charge in [0.2, 0.25) is 5.91 Å². The lowest BCUT2D eigenvalue weighted by molar-refractivity contribution is -0.119. The van der Waals surface area contributed by atoms with E-state index < -0.39 is 0 Å². The second-order valence-electron chi connectivity index (χ2n) is 4.34. The number of hydrogen-bond acceptors (Lipinski definition) is 4. The second kappa shape index (κ2) is 6.32. The lowest BCUT2D eigenvalue weighted by atomic mass is 10.0. The Labute approximate surface area is 121 Å². The molecule has 1 aromatic carbocycles. The largest absolute Gasteiger partial charge is 0.330 e. The third kappa shape index (κ3) is 3.43. The molecule has 6 heteroatoms. The van der Waals surface area contributed by atoms with Crippen LogP contribution in [0.15, 0.2) is 18.2 Å². The number of halogens is 1. The van der Waals surface area contributed by atoms with Crippen LogP contribution in [0.5, 0.6) is 0 Å². The molecule has 1 atom stereocenters. The molecule has 102 valence electrons. The van der Waals surface area contributed by atoms with Crippen molar-refractivity contribution in [2.24, 2.45) is 11.7 Å². The van der Waals surface area contributed by atoms with Crippen LogP contribution in [0.1, 0.15) is 19.8 Å². The van der Waals surface area contributed by atoms with E-state index in [2.05, 4.69) is 10.3 Å². The highest BCUT2D eigenvalue weighted by Gasteiger charge is 2.17. The van der Waals surface area contributed by atoms with E-state index in [0.717, 1.165) is 23.1 Å². The first-order valence-electron chi connectivity index (χ1n) is 6.21. The number of nitrogens with one attached hydrogen (secondary N) is 1. The Kier molecular flexibility index (Phi) is 4.74. The van der Waals surface area contributed by atoms with Gasteiger partial charge in [-0.2, -0.15) is 0 Å². The second-order valence-corrected chi connectivity index (χ2v) is 5.81. The van der Waals surface area contributed by atoms with Crippen molar-refractivity contribution in [3.05, 3.63) is 23.2 Å². The Hall–Kier alpha value is -1.17. The highest BCUT2D eigenvalue weighted by atomic mass is 35.5. The van der Waals surface area contributed by atoms with E-state index in [1.54, 1.807) is 6.07 Å². The molecule has 0 aliphatic carbocycles. The molecular weight excluding hydrogens is 282 g/mol. The van der Waals surface area contributed by atoms with Gasteiger partial charge in [-0.15, -0.1) is 0 Å². The van der Waals surface area contributed by atoms with Crippen molar-refractivity contribution in [1.29, 1.82) is 0 Å². The van der Waals surface area contributed by atoms with E-state index in [1.807, 2.05) is 19.1 Å². The molecule has 1 heterocycles. The average molecular weight is 298 g/mol. The summed E-state index contributed by atoms with van der Waals surface area (Å²) in [4.78, 5) is 16.4. The van der Waals surface area contributed by atoms with Crippen LogP contribution in [0, 0.1) is 5.92 Å². The Morgan fingerprint density at radius 2 is 2.37 bits per heavy atom. The SMILES string of the molecule is CCCC(CN)C(=O)Nc1nc2ccc(Cl)cc2s1. The number of hydrogen-bond donors (Lipinski definition) is 2. The van der Waals surface area contributed by atoms with Crippen molar-refractivity contribution in [3.63, 3.8) is 0 Å². The molecule has 0 fully saturated rings. The molecule has 19 heavy (non-hydrogen) atoms. The molecule has 3 N–H and O–H groups in total. The third-order valence-corrected chi connectivity index (χ3v) is 4.04. The first kappa shape index (κ1) is 14.2. The van der Waals surface area contributed by atoms with Crippen LogP contribution in [0.3, 0.4) is 0 Å². The first-order chi connectivity index (χ1) is 9.13. The molecule has 0 radical (unpaired) electrons. The minimum Gasteiger partial charge on any atom is -0.330 e. The number of nitrogens with two attached hydrogens (primary N) is 1. The van der Waals surface area contributed by atoms with Crippen molar-refractivity contribution in [2.45, 2.75) is 19.8 Å². The molecule has 0 aliphatic rings. The number of anilines is 1. The zero-order valence-corrected chi connectivity index (χ0v) is 12.2. The number of thiazole rings is 1. The van der Waals surface area contributed by atoms with Gasteiger partial charge in [0, 0.05) is 11.6 Å². The number of carbonyl (C=O) groups is 1. The Bertz CT molecular complexity index is 584. The summed E-state index contributed by atoms with van der Waals surface area (Å²) in [5, 5.41) is 4.09. The normalized spacial score (nSPS) is 12.6. The number of aromatic nitrogens is 1. The Balaban J connectivity index is 2.14. The lowest BCUT2D eigenvalue weighted by Crippen LogP contribution is -2.29. The van der Waals surface area contributed by atoms with Crippen LogP contribution < -0.4 is 11.1 Å². The molecule has 0 spiro atoms. The van der Waals surface area contributed by atoms with E-state index >= 15 is 0 Å². The summed E-state index contributed by atoms with van der Waals surface area (Å²) in [7, 11) is 0. The van der Waals surface area contributed by atoms with Gasteiger partial charge in [0.05, 0.1) is 16.1 Å². The molecule has 1 amide bonds. The van der Waals surface area contributed by atoms with Crippen molar-refractivity contribution in [3.8, 4) is 0 Å². The number of rotatable bonds is 5. The summed E-state index contributed by atoms with van der Waals surface area (Å²) in [5.41, 5.74) is 6.45. The molecule has 2 aromatic rings. The highest BCUT2D eigenvalue weighted by Crippen LogP contribution is 2.28. The third-order valence-electron chi connectivity index (χ3n) is 2.87. The maximum Gasteiger partial charge on any atom is 0.230 e. The van der Waals surface area contributed by atoms with Crippen molar-refractivity contribution in [2.75, 3.05) is 11.9 Å². The van der Waals surface area contributed by atoms with E-state index in [-0.39, 0.29) is 11.8 Å². The fourth-order valence-corrected chi connectivity index (χ4v) is 3.01. The number of carbonyl (C=O) groups excluding carboxylic acids is 1. The molecule has 0 saturated heterocycles. The summed E-state index contributed by atoms with van der Waals surface area (Å²) in [6.07, 6.45) is 1.73. The average Bonchev–Trinajstić information content (AvgIpc) is 2.76. The summed E-state index contributed by atoms with van der Waals surface area (Å²) < 4.78 is 0.961. The topological polar surface area (TPSA) is 68.0 Å². The molecule has 0 saturated carbocycles. The van der Waals surface area contributed by atoms with Gasteiger partial charge in [-0.05, 0) is 24.6 Å². The monoisotopic (exact) mass is 297 g/mol. The summed E-state index contributed by atoms with van der Waals surface area (Å²) in [5.74, 6) is -0.213. The number of benzene rings is 1. The van der Waals surface area contributed by atoms with Crippen molar-refractivity contribution < 1.29 is 4.79 Å². The van der Waals surface area contributed by atoms with Gasteiger partial charge >= 0.3 is 0 Å². The minimum absolute atomic E-state index is 0.0606. The van der Waals surface area contributed by atoms with Gasteiger partial charge in [0.15, 0.2) is 5.13 Å². The van der Waals surface area contributed by atoms with E-state index in [0.29, 0.717) is 16.7 Å². The van der Waals surface area contributed by atoms with E-state index in [9.17, 15) is 4.79 Å². The van der Waals surface area contributed by atoms with Crippen molar-refractivity contribution in [1.82, 2.24) is 4.98 Å². The number of nitrogens with zero attached hydrogens (tertiary/aromatic N) is 1. The number of amides is 1. The maximum atomic E-state index is 12.0. The molecular formula is C13H16ClN3OS. The lowest BCUT2D eigenvalue weighted by Gasteiger charge is -2.11. The maximum absolute atomic E-state index is 12.0. The summed E-state index contributed by atoms with van der Waals surface area (Å²) in [6.45, 7) is 2.39. The predicted molar refractivity (Wildman–Crippen MR) is 80.7 cm³/mol. The zero-order chi connectivity index (χ0) is 13.8. The van der Waals surface area contributed by atoms with Gasteiger partial charge in [0.25, 0.3) is 0 Å². The van der Waals surface area contributed by atoms with Gasteiger partial charge in [-0.3, -0.25) is 4.79 Å². The van der Waals surface area contributed by atoms with Gasteiger partial charge in [0.1, 0.15) is 0 Å². The molecule has 1 unspecified atom stereocenters. The van der Waals surface area contributed by atoms with Gasteiger partial charge in [-0.25, -0.2) is 4.98 Å². The van der Waals surface area contributed by atoms with Crippen LogP contribution >= 0.6 is 22.9 Å². The Morgan fingerprint density at radius 1 is 1.58 bits per heavy atom. The molecule has 0 bridgehead atoms. The minimum atomic E-state index is -0.152. The fraction of sp³-hybridized carbons (Fsp3) is 0.385.